The molecule has 3 heterocycles. The third kappa shape index (κ3) is 2.82. The molecular formula is C15H14Cl2N2O3S2. The second kappa shape index (κ2) is 5.85. The molecule has 128 valence electrons. The normalized spacial score (nSPS) is 18.6. The van der Waals surface area contributed by atoms with Gasteiger partial charge in [0.1, 0.15) is 8.55 Å². The maximum atomic E-state index is 12.8. The number of hydrogen-bond donors (Lipinski definition) is 0. The van der Waals surface area contributed by atoms with Crippen molar-refractivity contribution in [1.29, 1.82) is 0 Å². The SMILES string of the molecule is O=c1cc2c(cn1C1CC1)CN(S(=O)(=O)c1cc(Cl)c(Cl)s1)CC2. The van der Waals surface area contributed by atoms with Crippen LogP contribution in [0.15, 0.2) is 27.3 Å². The lowest BCUT2D eigenvalue weighted by atomic mass is 10.0. The van der Waals surface area contributed by atoms with Crippen LogP contribution in [-0.2, 0) is 23.0 Å². The molecular weight excluding hydrogens is 391 g/mol. The van der Waals surface area contributed by atoms with Gasteiger partial charge < -0.3 is 4.57 Å². The van der Waals surface area contributed by atoms with Crippen molar-refractivity contribution in [2.75, 3.05) is 6.54 Å². The quantitative estimate of drug-likeness (QED) is 0.788. The highest BCUT2D eigenvalue weighted by atomic mass is 35.5. The highest BCUT2D eigenvalue weighted by molar-refractivity contribution is 7.91. The average Bonchev–Trinajstić information content (AvgIpc) is 3.32. The van der Waals surface area contributed by atoms with Crippen LogP contribution in [0.4, 0.5) is 0 Å². The number of rotatable bonds is 3. The van der Waals surface area contributed by atoms with E-state index in [1.165, 1.54) is 10.4 Å². The first-order valence-electron chi connectivity index (χ1n) is 7.55. The van der Waals surface area contributed by atoms with E-state index in [1.54, 1.807) is 10.6 Å². The molecule has 0 saturated heterocycles. The third-order valence-corrected chi connectivity index (χ3v) is 8.55. The Morgan fingerprint density at radius 3 is 2.54 bits per heavy atom. The Hall–Kier alpha value is -0.860. The molecule has 9 heteroatoms. The van der Waals surface area contributed by atoms with Gasteiger partial charge in [-0.1, -0.05) is 23.2 Å². The summed E-state index contributed by atoms with van der Waals surface area (Å²) >= 11 is 12.8. The monoisotopic (exact) mass is 404 g/mol. The number of pyridine rings is 1. The summed E-state index contributed by atoms with van der Waals surface area (Å²) in [6.45, 7) is 0.604. The molecule has 24 heavy (non-hydrogen) atoms. The summed E-state index contributed by atoms with van der Waals surface area (Å²) in [6.07, 6.45) is 4.37. The van der Waals surface area contributed by atoms with Crippen molar-refractivity contribution >= 4 is 44.6 Å². The number of thiophene rings is 1. The Morgan fingerprint density at radius 2 is 1.92 bits per heavy atom. The zero-order valence-corrected chi connectivity index (χ0v) is 15.7. The van der Waals surface area contributed by atoms with Crippen molar-refractivity contribution in [2.24, 2.45) is 0 Å². The second-order valence-electron chi connectivity index (χ2n) is 6.08. The fraction of sp³-hybridized carbons (Fsp3) is 0.400. The van der Waals surface area contributed by atoms with Gasteiger partial charge in [0.05, 0.1) is 5.02 Å². The lowest BCUT2D eigenvalue weighted by Crippen LogP contribution is -2.37. The summed E-state index contributed by atoms with van der Waals surface area (Å²) in [5, 5.41) is 0.250. The summed E-state index contributed by atoms with van der Waals surface area (Å²) < 4.78 is 29.2. The smallest absolute Gasteiger partial charge is 0.252 e. The van der Waals surface area contributed by atoms with Gasteiger partial charge in [0.25, 0.3) is 15.6 Å². The van der Waals surface area contributed by atoms with E-state index < -0.39 is 10.0 Å². The molecule has 0 amide bonds. The van der Waals surface area contributed by atoms with Crippen molar-refractivity contribution in [3.8, 4) is 0 Å². The second-order valence-corrected chi connectivity index (χ2v) is 10.3. The molecule has 0 bridgehead atoms. The van der Waals surface area contributed by atoms with Gasteiger partial charge in [0.15, 0.2) is 0 Å². The number of fused-ring (bicyclic) bond motifs is 1. The highest BCUT2D eigenvalue weighted by Crippen LogP contribution is 2.37. The van der Waals surface area contributed by atoms with Crippen LogP contribution in [0.3, 0.4) is 0 Å². The fourth-order valence-electron chi connectivity index (χ4n) is 2.94. The van der Waals surface area contributed by atoms with Crippen LogP contribution in [0.2, 0.25) is 9.36 Å². The molecule has 0 spiro atoms. The number of sulfonamides is 1. The molecule has 4 rings (SSSR count). The highest BCUT2D eigenvalue weighted by Gasteiger charge is 2.32. The van der Waals surface area contributed by atoms with Crippen molar-refractivity contribution in [3.05, 3.63) is 49.2 Å². The van der Waals surface area contributed by atoms with Crippen LogP contribution in [0.5, 0.6) is 0 Å². The van der Waals surface area contributed by atoms with Crippen molar-refractivity contribution in [2.45, 2.75) is 36.1 Å². The van der Waals surface area contributed by atoms with Gasteiger partial charge in [0, 0.05) is 31.4 Å². The van der Waals surface area contributed by atoms with Crippen molar-refractivity contribution < 1.29 is 8.42 Å². The van der Waals surface area contributed by atoms with Crippen LogP contribution in [-0.4, -0.2) is 23.8 Å². The van der Waals surface area contributed by atoms with Gasteiger partial charge in [-0.2, -0.15) is 4.31 Å². The number of hydrogen-bond acceptors (Lipinski definition) is 4. The Bertz CT molecular complexity index is 958. The van der Waals surface area contributed by atoms with E-state index in [0.29, 0.717) is 13.0 Å². The summed E-state index contributed by atoms with van der Waals surface area (Å²) in [6, 6.07) is 3.31. The van der Waals surface area contributed by atoms with Gasteiger partial charge in [-0.3, -0.25) is 4.79 Å². The van der Waals surface area contributed by atoms with E-state index in [4.69, 9.17) is 23.2 Å². The summed E-state index contributed by atoms with van der Waals surface area (Å²) in [4.78, 5) is 12.1. The Morgan fingerprint density at radius 1 is 1.17 bits per heavy atom. The minimum Gasteiger partial charge on any atom is -0.312 e. The first kappa shape index (κ1) is 16.6. The van der Waals surface area contributed by atoms with Gasteiger partial charge in [0.2, 0.25) is 0 Å². The minimum absolute atomic E-state index is 0.00405. The van der Waals surface area contributed by atoms with E-state index in [2.05, 4.69) is 0 Å². The maximum absolute atomic E-state index is 12.8. The first-order chi connectivity index (χ1) is 11.4. The van der Waals surface area contributed by atoms with E-state index in [1.807, 2.05) is 6.20 Å². The first-order valence-corrected chi connectivity index (χ1v) is 10.6. The molecule has 0 aromatic carbocycles. The van der Waals surface area contributed by atoms with Gasteiger partial charge in [-0.05, 0) is 36.5 Å². The molecule has 1 saturated carbocycles. The molecule has 0 atom stereocenters. The molecule has 0 radical (unpaired) electrons. The molecule has 0 unspecified atom stereocenters. The van der Waals surface area contributed by atoms with E-state index in [0.717, 1.165) is 35.3 Å². The van der Waals surface area contributed by atoms with Gasteiger partial charge in [-0.25, -0.2) is 8.42 Å². The van der Waals surface area contributed by atoms with E-state index >= 15 is 0 Å². The van der Waals surface area contributed by atoms with E-state index in [-0.39, 0.29) is 31.7 Å². The van der Waals surface area contributed by atoms with Crippen LogP contribution >= 0.6 is 34.5 Å². The fourth-order valence-corrected chi connectivity index (χ4v) is 6.40. The average molecular weight is 405 g/mol. The van der Waals surface area contributed by atoms with Crippen molar-refractivity contribution in [1.82, 2.24) is 8.87 Å². The zero-order chi connectivity index (χ0) is 17.1. The summed E-state index contributed by atoms with van der Waals surface area (Å²) in [5.74, 6) is 0. The summed E-state index contributed by atoms with van der Waals surface area (Å²) in [7, 11) is -3.64. The minimum atomic E-state index is -3.64. The number of aromatic nitrogens is 1. The predicted molar refractivity (Wildman–Crippen MR) is 94.6 cm³/mol. The van der Waals surface area contributed by atoms with Gasteiger partial charge in [-0.15, -0.1) is 11.3 Å². The van der Waals surface area contributed by atoms with Crippen LogP contribution in [0.1, 0.15) is 30.0 Å². The molecule has 5 nitrogen and oxygen atoms in total. The number of nitrogens with zero attached hydrogens (tertiary/aromatic N) is 2. The molecule has 2 aromatic rings. The molecule has 0 N–H and O–H groups in total. The molecule has 1 aliphatic heterocycles. The Kier molecular flexibility index (Phi) is 4.04. The molecule has 1 aliphatic carbocycles. The lowest BCUT2D eigenvalue weighted by Gasteiger charge is -2.28. The molecule has 2 aliphatic rings. The lowest BCUT2D eigenvalue weighted by molar-refractivity contribution is 0.389. The van der Waals surface area contributed by atoms with Crippen LogP contribution in [0.25, 0.3) is 0 Å². The van der Waals surface area contributed by atoms with Gasteiger partial charge >= 0.3 is 0 Å². The molecule has 2 aromatic heterocycles. The maximum Gasteiger partial charge on any atom is 0.252 e. The number of halogens is 2. The largest absolute Gasteiger partial charge is 0.312 e. The topological polar surface area (TPSA) is 59.4 Å². The summed E-state index contributed by atoms with van der Waals surface area (Å²) in [5.41, 5.74) is 1.83. The molecule has 1 fully saturated rings. The third-order valence-electron chi connectivity index (χ3n) is 4.39. The van der Waals surface area contributed by atoms with Crippen LogP contribution < -0.4 is 5.56 Å². The standard InChI is InChI=1S/C15H14Cl2N2O3S2/c16-12-6-14(23-15(12)17)24(21,22)18-4-3-9-5-13(20)19(11-1-2-11)8-10(9)7-18/h5-6,8,11H,1-4,7H2. The van der Waals surface area contributed by atoms with Crippen LogP contribution in [0, 0.1) is 0 Å². The predicted octanol–water partition coefficient (Wildman–Crippen LogP) is 3.30. The van der Waals surface area contributed by atoms with Crippen molar-refractivity contribution in [3.63, 3.8) is 0 Å². The van der Waals surface area contributed by atoms with E-state index in [9.17, 15) is 13.2 Å². The Labute approximate surface area is 153 Å². The zero-order valence-electron chi connectivity index (χ0n) is 12.5. The Balaban J connectivity index is 1.68.